The molecule has 0 amide bonds. The molecule has 0 atom stereocenters. The highest BCUT2D eigenvalue weighted by Crippen LogP contribution is 2.32. The van der Waals surface area contributed by atoms with Crippen molar-refractivity contribution in [3.63, 3.8) is 0 Å². The van der Waals surface area contributed by atoms with Gasteiger partial charge in [0.25, 0.3) is 0 Å². The third kappa shape index (κ3) is 12.1. The summed E-state index contributed by atoms with van der Waals surface area (Å²) in [5.41, 5.74) is 0. The Morgan fingerprint density at radius 2 is 1.25 bits per heavy atom. The van der Waals surface area contributed by atoms with Crippen LogP contribution in [0.25, 0.3) is 0 Å². The fraction of sp³-hybridized carbons (Fsp3) is 1.00. The van der Waals surface area contributed by atoms with Gasteiger partial charge in [0.05, 0.1) is 0 Å². The maximum atomic E-state index is 2.39. The van der Waals surface area contributed by atoms with Gasteiger partial charge in [0.15, 0.2) is 0 Å². The number of rotatable bonds is 1. The van der Waals surface area contributed by atoms with Crippen LogP contribution in [0, 0.1) is 17.8 Å². The van der Waals surface area contributed by atoms with Crippen molar-refractivity contribution in [1.82, 2.24) is 0 Å². The van der Waals surface area contributed by atoms with Crippen LogP contribution in [-0.4, -0.2) is 0 Å². The zero-order valence-electron chi connectivity index (χ0n) is 12.3. The molecule has 0 bridgehead atoms. The summed E-state index contributed by atoms with van der Waals surface area (Å²) in [4.78, 5) is 0. The maximum Gasteiger partial charge on any atom is -0.0391 e. The fourth-order valence-corrected chi connectivity index (χ4v) is 1.95. The van der Waals surface area contributed by atoms with E-state index in [9.17, 15) is 0 Å². The quantitative estimate of drug-likeness (QED) is 0.479. The van der Waals surface area contributed by atoms with Gasteiger partial charge >= 0.3 is 0 Å². The van der Waals surface area contributed by atoms with E-state index in [2.05, 4.69) is 34.6 Å². The smallest absolute Gasteiger partial charge is 0.0391 e. The van der Waals surface area contributed by atoms with Gasteiger partial charge in [0.1, 0.15) is 0 Å². The SMILES string of the molecule is C.CC.CC1CCC(C(C)C)CC1.CCC. The Balaban J connectivity index is -0.000000246. The Bertz CT molecular complexity index is 96.6. The molecule has 0 aromatic heterocycles. The highest BCUT2D eigenvalue weighted by molar-refractivity contribution is 4.71. The Labute approximate surface area is 106 Å². The summed E-state index contributed by atoms with van der Waals surface area (Å²) < 4.78 is 0. The van der Waals surface area contributed by atoms with Crippen molar-refractivity contribution in [2.75, 3.05) is 0 Å². The average Bonchev–Trinajstić information content (AvgIpc) is 2.22. The molecular weight excluding hydrogens is 192 g/mol. The van der Waals surface area contributed by atoms with E-state index < -0.39 is 0 Å². The molecule has 0 nitrogen and oxygen atoms in total. The van der Waals surface area contributed by atoms with E-state index in [1.807, 2.05) is 13.8 Å². The predicted octanol–water partition coefficient (Wildman–Crippen LogP) is 6.55. The molecule has 1 fully saturated rings. The lowest BCUT2D eigenvalue weighted by Gasteiger charge is -2.28. The molecule has 102 valence electrons. The van der Waals surface area contributed by atoms with Crippen LogP contribution in [-0.2, 0) is 0 Å². The van der Waals surface area contributed by atoms with Crippen LogP contribution in [0.3, 0.4) is 0 Å². The molecule has 0 heteroatoms. The molecule has 0 aromatic carbocycles. The third-order valence-electron chi connectivity index (χ3n) is 3.00. The van der Waals surface area contributed by atoms with Gasteiger partial charge < -0.3 is 0 Å². The predicted molar refractivity (Wildman–Crippen MR) is 80.0 cm³/mol. The molecule has 1 saturated carbocycles. The second-order valence-electron chi connectivity index (χ2n) is 4.97. The molecule has 0 saturated heterocycles. The lowest BCUT2D eigenvalue weighted by molar-refractivity contribution is 0.234. The second-order valence-corrected chi connectivity index (χ2v) is 4.97. The van der Waals surface area contributed by atoms with Crippen molar-refractivity contribution in [1.29, 1.82) is 0 Å². The molecule has 0 unspecified atom stereocenters. The molecule has 0 radical (unpaired) electrons. The van der Waals surface area contributed by atoms with Gasteiger partial charge in [0.2, 0.25) is 0 Å². The van der Waals surface area contributed by atoms with E-state index in [0.717, 1.165) is 17.8 Å². The Morgan fingerprint density at radius 3 is 1.50 bits per heavy atom. The maximum absolute atomic E-state index is 2.39. The van der Waals surface area contributed by atoms with E-state index in [4.69, 9.17) is 0 Å². The minimum absolute atomic E-state index is 0. The van der Waals surface area contributed by atoms with Crippen LogP contribution in [0.4, 0.5) is 0 Å². The first-order valence-corrected chi connectivity index (χ1v) is 7.11. The zero-order chi connectivity index (χ0) is 12.3. The first-order chi connectivity index (χ1) is 7.11. The van der Waals surface area contributed by atoms with Crippen molar-refractivity contribution in [3.05, 3.63) is 0 Å². The van der Waals surface area contributed by atoms with Gasteiger partial charge in [-0.05, 0) is 30.6 Å². The molecule has 0 aliphatic heterocycles. The summed E-state index contributed by atoms with van der Waals surface area (Å²) in [6.07, 6.45) is 7.17. The van der Waals surface area contributed by atoms with Crippen molar-refractivity contribution in [2.24, 2.45) is 17.8 Å². The van der Waals surface area contributed by atoms with Gasteiger partial charge in [0, 0.05) is 0 Å². The Morgan fingerprint density at radius 1 is 0.938 bits per heavy atom. The summed E-state index contributed by atoms with van der Waals surface area (Å²) in [6, 6.07) is 0. The minimum atomic E-state index is 0. The summed E-state index contributed by atoms with van der Waals surface area (Å²) in [7, 11) is 0. The summed E-state index contributed by atoms with van der Waals surface area (Å²) in [6.45, 7) is 15.4. The zero-order valence-corrected chi connectivity index (χ0v) is 12.3. The molecule has 16 heavy (non-hydrogen) atoms. The van der Waals surface area contributed by atoms with E-state index in [1.54, 1.807) is 0 Å². The van der Waals surface area contributed by atoms with Crippen LogP contribution in [0.15, 0.2) is 0 Å². The van der Waals surface area contributed by atoms with Crippen LogP contribution < -0.4 is 0 Å². The molecule has 0 heterocycles. The largest absolute Gasteiger partial charge is 0.0776 e. The Hall–Kier alpha value is 0. The van der Waals surface area contributed by atoms with Gasteiger partial charge in [-0.15, -0.1) is 0 Å². The molecule has 0 aromatic rings. The number of hydrogen-bond acceptors (Lipinski definition) is 0. The standard InChI is InChI=1S/C10H20.C3H8.C2H6.CH4/c1-8(2)10-6-4-9(3)5-7-10;1-3-2;1-2;/h8-10H,4-7H2,1-3H3;3H2,1-2H3;1-2H3;1H4. The first kappa shape index (κ1) is 21.3. The first-order valence-electron chi connectivity index (χ1n) is 7.11. The highest BCUT2D eigenvalue weighted by Gasteiger charge is 2.19. The van der Waals surface area contributed by atoms with Gasteiger partial charge in [-0.2, -0.15) is 0 Å². The summed E-state index contributed by atoms with van der Waals surface area (Å²) in [5, 5.41) is 0. The lowest BCUT2D eigenvalue weighted by Crippen LogP contribution is -2.16. The lowest BCUT2D eigenvalue weighted by atomic mass is 9.78. The normalized spacial score (nSPS) is 23.2. The second kappa shape index (κ2) is 15.0. The Kier molecular flexibility index (Phi) is 20.0. The van der Waals surface area contributed by atoms with Crippen molar-refractivity contribution in [2.45, 2.75) is 88.0 Å². The van der Waals surface area contributed by atoms with Crippen LogP contribution in [0.1, 0.15) is 88.0 Å². The van der Waals surface area contributed by atoms with Crippen LogP contribution in [0.2, 0.25) is 0 Å². The molecule has 0 spiro atoms. The molecule has 1 aliphatic carbocycles. The fourth-order valence-electron chi connectivity index (χ4n) is 1.95. The van der Waals surface area contributed by atoms with Crippen molar-refractivity contribution >= 4 is 0 Å². The van der Waals surface area contributed by atoms with E-state index in [-0.39, 0.29) is 7.43 Å². The highest BCUT2D eigenvalue weighted by atomic mass is 14.3. The molecule has 0 N–H and O–H groups in total. The molecular formula is C16H38. The van der Waals surface area contributed by atoms with Crippen molar-refractivity contribution in [3.8, 4) is 0 Å². The van der Waals surface area contributed by atoms with E-state index in [1.165, 1.54) is 32.1 Å². The van der Waals surface area contributed by atoms with Gasteiger partial charge in [-0.3, -0.25) is 0 Å². The van der Waals surface area contributed by atoms with Gasteiger partial charge in [-0.25, -0.2) is 0 Å². The number of hydrogen-bond donors (Lipinski definition) is 0. The minimum Gasteiger partial charge on any atom is -0.0776 e. The molecule has 1 rings (SSSR count). The van der Waals surface area contributed by atoms with Crippen LogP contribution >= 0.6 is 0 Å². The van der Waals surface area contributed by atoms with Gasteiger partial charge in [-0.1, -0.05) is 75.2 Å². The third-order valence-corrected chi connectivity index (χ3v) is 3.00. The summed E-state index contributed by atoms with van der Waals surface area (Å²) >= 11 is 0. The van der Waals surface area contributed by atoms with Crippen LogP contribution in [0.5, 0.6) is 0 Å². The van der Waals surface area contributed by atoms with Crippen molar-refractivity contribution < 1.29 is 0 Å². The van der Waals surface area contributed by atoms with E-state index >= 15 is 0 Å². The topological polar surface area (TPSA) is 0 Å². The molecule has 1 aliphatic rings. The average molecular weight is 230 g/mol. The summed E-state index contributed by atoms with van der Waals surface area (Å²) in [5.74, 6) is 2.97. The monoisotopic (exact) mass is 230 g/mol. The van der Waals surface area contributed by atoms with E-state index in [0.29, 0.717) is 0 Å².